The molecular weight excluding hydrogens is 266 g/mol. The molecule has 0 unspecified atom stereocenters. The van der Waals surface area contributed by atoms with E-state index in [1.807, 2.05) is 0 Å². The van der Waals surface area contributed by atoms with Crippen LogP contribution in [0.15, 0.2) is 42.6 Å². The van der Waals surface area contributed by atoms with E-state index in [0.717, 1.165) is 12.0 Å². The maximum absolute atomic E-state index is 3.41. The highest BCUT2D eigenvalue weighted by atomic mass is 14.9. The van der Waals surface area contributed by atoms with Crippen LogP contribution >= 0.6 is 0 Å². The molecule has 2 aromatic carbocycles. The second-order valence-corrected chi connectivity index (χ2v) is 5.95. The Morgan fingerprint density at radius 1 is 1.00 bits per heavy atom. The lowest BCUT2D eigenvalue weighted by molar-refractivity contribution is 0.679. The lowest BCUT2D eigenvalue weighted by Crippen LogP contribution is -1.88. The minimum absolute atomic E-state index is 1.00. The number of aryl methyl sites for hydroxylation is 1. The molecule has 3 aromatic rings. The van der Waals surface area contributed by atoms with Crippen molar-refractivity contribution >= 4 is 21.7 Å². The Bertz CT molecular complexity index is 843. The van der Waals surface area contributed by atoms with E-state index in [4.69, 9.17) is 0 Å². The third kappa shape index (κ3) is 2.88. The number of hydrogen-bond acceptors (Lipinski definition) is 0. The zero-order valence-corrected chi connectivity index (χ0v) is 13.5. The van der Waals surface area contributed by atoms with Gasteiger partial charge in [0.05, 0.1) is 5.52 Å². The summed E-state index contributed by atoms with van der Waals surface area (Å²) in [5.41, 5.74) is 2.44. The third-order valence-corrected chi connectivity index (χ3v) is 4.26. The SMILES string of the molecule is CCCCCCC#Cc1cc2ccccc2c2c1ccn2C. The van der Waals surface area contributed by atoms with Crippen molar-refractivity contribution in [2.45, 2.75) is 39.0 Å². The molecule has 0 atom stereocenters. The van der Waals surface area contributed by atoms with Gasteiger partial charge in [0.15, 0.2) is 0 Å². The summed E-state index contributed by atoms with van der Waals surface area (Å²) in [6.45, 7) is 2.24. The highest BCUT2D eigenvalue weighted by Gasteiger charge is 2.07. The van der Waals surface area contributed by atoms with Crippen LogP contribution in [0.3, 0.4) is 0 Å². The van der Waals surface area contributed by atoms with Crippen molar-refractivity contribution in [1.29, 1.82) is 0 Å². The number of rotatable bonds is 4. The van der Waals surface area contributed by atoms with E-state index in [9.17, 15) is 0 Å². The number of benzene rings is 2. The minimum atomic E-state index is 1.00. The van der Waals surface area contributed by atoms with Gasteiger partial charge < -0.3 is 4.57 Å². The van der Waals surface area contributed by atoms with E-state index in [1.165, 1.54) is 47.4 Å². The first-order valence-corrected chi connectivity index (χ1v) is 8.27. The predicted octanol–water partition coefficient (Wildman–Crippen LogP) is 5.65. The lowest BCUT2D eigenvalue weighted by atomic mass is 10.0. The molecule has 0 amide bonds. The van der Waals surface area contributed by atoms with Crippen molar-refractivity contribution in [3.8, 4) is 11.8 Å². The molecule has 22 heavy (non-hydrogen) atoms. The fraction of sp³-hybridized carbons (Fsp3) is 0.333. The summed E-state index contributed by atoms with van der Waals surface area (Å²) in [4.78, 5) is 0. The number of fused-ring (bicyclic) bond motifs is 3. The summed E-state index contributed by atoms with van der Waals surface area (Å²) in [5, 5.41) is 3.84. The van der Waals surface area contributed by atoms with E-state index >= 15 is 0 Å². The van der Waals surface area contributed by atoms with Crippen LogP contribution in [-0.4, -0.2) is 4.57 Å². The molecule has 1 aromatic heterocycles. The van der Waals surface area contributed by atoms with Crippen LogP contribution in [0.5, 0.6) is 0 Å². The molecule has 0 aliphatic heterocycles. The van der Waals surface area contributed by atoms with Gasteiger partial charge in [-0.3, -0.25) is 0 Å². The molecule has 0 saturated heterocycles. The van der Waals surface area contributed by atoms with Gasteiger partial charge in [-0.05, 0) is 23.9 Å². The number of unbranched alkanes of at least 4 members (excludes halogenated alkanes) is 4. The average Bonchev–Trinajstić information content (AvgIpc) is 2.93. The summed E-state index contributed by atoms with van der Waals surface area (Å²) in [7, 11) is 2.11. The van der Waals surface area contributed by atoms with Gasteiger partial charge in [-0.15, -0.1) is 0 Å². The molecule has 0 saturated carbocycles. The van der Waals surface area contributed by atoms with Gasteiger partial charge in [0.1, 0.15) is 0 Å². The number of hydrogen-bond donors (Lipinski definition) is 0. The quantitative estimate of drug-likeness (QED) is 0.432. The molecule has 0 fully saturated rings. The number of nitrogens with zero attached hydrogens (tertiary/aromatic N) is 1. The van der Waals surface area contributed by atoms with Crippen molar-refractivity contribution in [1.82, 2.24) is 4.57 Å². The van der Waals surface area contributed by atoms with Crippen LogP contribution in [0.4, 0.5) is 0 Å². The summed E-state index contributed by atoms with van der Waals surface area (Å²) in [6, 6.07) is 13.0. The summed E-state index contributed by atoms with van der Waals surface area (Å²) >= 11 is 0. The van der Waals surface area contributed by atoms with E-state index in [2.05, 4.69) is 73.0 Å². The first-order chi connectivity index (χ1) is 10.8. The molecule has 0 aliphatic carbocycles. The minimum Gasteiger partial charge on any atom is -0.350 e. The Hall–Kier alpha value is -2.20. The van der Waals surface area contributed by atoms with E-state index in [-0.39, 0.29) is 0 Å². The fourth-order valence-corrected chi connectivity index (χ4v) is 3.06. The first kappa shape index (κ1) is 14.7. The van der Waals surface area contributed by atoms with E-state index < -0.39 is 0 Å². The standard InChI is InChI=1S/C21H23N/c1-3-4-5-6-7-8-11-18-16-17-12-9-10-13-19(17)21-20(18)14-15-22(21)2/h9-10,12-16H,3-7H2,1-2H3. The van der Waals surface area contributed by atoms with Gasteiger partial charge in [-0.25, -0.2) is 0 Å². The van der Waals surface area contributed by atoms with Gasteiger partial charge in [-0.2, -0.15) is 0 Å². The molecule has 0 aliphatic rings. The van der Waals surface area contributed by atoms with Crippen LogP contribution in [0.2, 0.25) is 0 Å². The lowest BCUT2D eigenvalue weighted by Gasteiger charge is -2.05. The highest BCUT2D eigenvalue weighted by molar-refractivity contribution is 6.08. The van der Waals surface area contributed by atoms with E-state index in [0.29, 0.717) is 0 Å². The zero-order valence-electron chi connectivity index (χ0n) is 13.5. The first-order valence-electron chi connectivity index (χ1n) is 8.27. The fourth-order valence-electron chi connectivity index (χ4n) is 3.06. The maximum Gasteiger partial charge on any atom is 0.0569 e. The summed E-state index contributed by atoms with van der Waals surface area (Å²) in [6.07, 6.45) is 8.24. The van der Waals surface area contributed by atoms with Gasteiger partial charge in [-0.1, -0.05) is 62.3 Å². The third-order valence-electron chi connectivity index (χ3n) is 4.26. The van der Waals surface area contributed by atoms with Crippen LogP contribution in [0.25, 0.3) is 21.7 Å². The monoisotopic (exact) mass is 289 g/mol. The van der Waals surface area contributed by atoms with Crippen molar-refractivity contribution in [3.63, 3.8) is 0 Å². The summed E-state index contributed by atoms with van der Waals surface area (Å²) < 4.78 is 2.20. The van der Waals surface area contributed by atoms with Gasteiger partial charge in [0.25, 0.3) is 0 Å². The highest BCUT2D eigenvalue weighted by Crippen LogP contribution is 2.28. The molecule has 0 spiro atoms. The molecule has 3 rings (SSSR count). The van der Waals surface area contributed by atoms with Crippen molar-refractivity contribution in [2.75, 3.05) is 0 Å². The second kappa shape index (κ2) is 6.71. The van der Waals surface area contributed by atoms with Crippen LogP contribution in [0.1, 0.15) is 44.6 Å². The molecule has 0 N–H and O–H groups in total. The van der Waals surface area contributed by atoms with E-state index in [1.54, 1.807) is 0 Å². The topological polar surface area (TPSA) is 4.93 Å². The molecule has 1 heterocycles. The summed E-state index contributed by atoms with van der Waals surface area (Å²) in [5.74, 6) is 6.77. The Kier molecular flexibility index (Phi) is 4.49. The molecule has 1 nitrogen and oxygen atoms in total. The van der Waals surface area contributed by atoms with Crippen molar-refractivity contribution < 1.29 is 0 Å². The van der Waals surface area contributed by atoms with Crippen LogP contribution in [-0.2, 0) is 7.05 Å². The molecule has 1 heteroatoms. The zero-order chi connectivity index (χ0) is 15.4. The van der Waals surface area contributed by atoms with Crippen LogP contribution in [0, 0.1) is 11.8 Å². The number of aromatic nitrogens is 1. The van der Waals surface area contributed by atoms with Crippen molar-refractivity contribution in [2.24, 2.45) is 7.05 Å². The molecule has 0 radical (unpaired) electrons. The van der Waals surface area contributed by atoms with Gasteiger partial charge in [0.2, 0.25) is 0 Å². The normalized spacial score (nSPS) is 10.8. The molecular formula is C21H23N. The average molecular weight is 289 g/mol. The Balaban J connectivity index is 1.97. The Morgan fingerprint density at radius 3 is 2.73 bits per heavy atom. The smallest absolute Gasteiger partial charge is 0.0569 e. The largest absolute Gasteiger partial charge is 0.350 e. The predicted molar refractivity (Wildman–Crippen MR) is 96.1 cm³/mol. The van der Waals surface area contributed by atoms with Crippen molar-refractivity contribution in [3.05, 3.63) is 48.2 Å². The Morgan fingerprint density at radius 2 is 1.86 bits per heavy atom. The Labute approximate surface area is 132 Å². The van der Waals surface area contributed by atoms with Gasteiger partial charge >= 0.3 is 0 Å². The van der Waals surface area contributed by atoms with Crippen LogP contribution < -0.4 is 0 Å². The maximum atomic E-state index is 3.41. The molecule has 112 valence electrons. The molecule has 0 bridgehead atoms. The van der Waals surface area contributed by atoms with Gasteiger partial charge in [0, 0.05) is 36.0 Å². The second-order valence-electron chi connectivity index (χ2n) is 5.95.